The van der Waals surface area contributed by atoms with Crippen molar-refractivity contribution in [3.05, 3.63) is 58.1 Å². The zero-order chi connectivity index (χ0) is 22.6. The molecular formula is C18H14BrF7N2O2. The van der Waals surface area contributed by atoms with Crippen molar-refractivity contribution in [2.75, 3.05) is 7.11 Å². The summed E-state index contributed by atoms with van der Waals surface area (Å²) in [5.41, 5.74) is 1.31. The molecule has 0 aliphatic carbocycles. The molecule has 0 fully saturated rings. The predicted octanol–water partition coefficient (Wildman–Crippen LogP) is 5.75. The van der Waals surface area contributed by atoms with Gasteiger partial charge in [0.1, 0.15) is 6.61 Å². The van der Waals surface area contributed by atoms with Crippen LogP contribution in [0.2, 0.25) is 0 Å². The Balaban J connectivity index is 2.22. The Labute approximate surface area is 174 Å². The fourth-order valence-electron chi connectivity index (χ4n) is 2.12. The van der Waals surface area contributed by atoms with Crippen molar-refractivity contribution >= 4 is 22.1 Å². The van der Waals surface area contributed by atoms with Gasteiger partial charge in [-0.25, -0.2) is 5.43 Å². The molecule has 12 heteroatoms. The number of ether oxygens (including phenoxy) is 2. The summed E-state index contributed by atoms with van der Waals surface area (Å²) < 4.78 is 100. The molecule has 0 amide bonds. The monoisotopic (exact) mass is 502 g/mol. The summed E-state index contributed by atoms with van der Waals surface area (Å²) in [6, 6.07) is 5.57. The van der Waals surface area contributed by atoms with Gasteiger partial charge in [-0.3, -0.25) is 0 Å². The van der Waals surface area contributed by atoms with Crippen LogP contribution < -0.4 is 14.9 Å². The number of alkyl halides is 7. The predicted molar refractivity (Wildman–Crippen MR) is 98.1 cm³/mol. The highest BCUT2D eigenvalue weighted by Crippen LogP contribution is 2.45. The molecule has 0 aliphatic heterocycles. The van der Waals surface area contributed by atoms with Crippen molar-refractivity contribution in [1.82, 2.24) is 5.43 Å². The summed E-state index contributed by atoms with van der Waals surface area (Å²) >= 11 is 3.28. The van der Waals surface area contributed by atoms with Crippen LogP contribution in [0.1, 0.15) is 11.1 Å². The van der Waals surface area contributed by atoms with E-state index < -0.39 is 18.1 Å². The highest BCUT2D eigenvalue weighted by molar-refractivity contribution is 9.10. The molecular weight excluding hydrogens is 489 g/mol. The van der Waals surface area contributed by atoms with E-state index in [0.29, 0.717) is 11.6 Å². The van der Waals surface area contributed by atoms with Crippen LogP contribution in [-0.4, -0.2) is 31.5 Å². The first-order valence-electron chi connectivity index (χ1n) is 8.06. The molecule has 0 unspecified atom stereocenters. The molecule has 0 aromatic heterocycles. The van der Waals surface area contributed by atoms with Crippen LogP contribution in [0, 0.1) is 0 Å². The van der Waals surface area contributed by atoms with Crippen LogP contribution in [0.3, 0.4) is 0 Å². The first-order chi connectivity index (χ1) is 13.9. The van der Waals surface area contributed by atoms with Crippen molar-refractivity contribution < 1.29 is 40.2 Å². The number of para-hydroxylation sites is 1. The van der Waals surface area contributed by atoms with Gasteiger partial charge in [-0.1, -0.05) is 34.1 Å². The third-order valence-corrected chi connectivity index (χ3v) is 4.21. The summed E-state index contributed by atoms with van der Waals surface area (Å²) in [4.78, 5) is 0. The normalized spacial score (nSPS) is 12.8. The van der Waals surface area contributed by atoms with E-state index in [0.717, 1.165) is 10.0 Å². The van der Waals surface area contributed by atoms with Crippen LogP contribution in [0.25, 0.3) is 0 Å². The summed E-state index contributed by atoms with van der Waals surface area (Å²) in [5.74, 6) is -6.13. The van der Waals surface area contributed by atoms with Crippen LogP contribution >= 0.6 is 15.9 Å². The number of hydrogen-bond acceptors (Lipinski definition) is 4. The summed E-state index contributed by atoms with van der Waals surface area (Å²) in [5, 5.41) is 2.85. The largest absolute Gasteiger partial charge is 0.493 e. The van der Waals surface area contributed by atoms with E-state index in [-0.39, 0.29) is 23.7 Å². The van der Waals surface area contributed by atoms with Gasteiger partial charge in [-0.05, 0) is 29.8 Å². The van der Waals surface area contributed by atoms with Crippen molar-refractivity contribution in [3.63, 3.8) is 0 Å². The molecule has 0 saturated heterocycles. The van der Waals surface area contributed by atoms with Crippen LogP contribution in [0.15, 0.2) is 52.0 Å². The molecule has 0 saturated carbocycles. The minimum absolute atomic E-state index is 0.00471. The van der Waals surface area contributed by atoms with Crippen LogP contribution in [-0.2, 0) is 6.61 Å². The van der Waals surface area contributed by atoms with E-state index in [1.165, 1.54) is 25.3 Å². The SMILES string of the molecule is COc1cccc(/C=N\NC(F)(F)C(F)(F)C(F)(F)F)c1OCc1ccc(Br)cc1. The zero-order valence-corrected chi connectivity index (χ0v) is 16.7. The van der Waals surface area contributed by atoms with Crippen LogP contribution in [0.4, 0.5) is 30.7 Å². The number of methoxy groups -OCH3 is 1. The molecule has 0 atom stereocenters. The van der Waals surface area contributed by atoms with Crippen LogP contribution in [0.5, 0.6) is 11.5 Å². The lowest BCUT2D eigenvalue weighted by molar-refractivity contribution is -0.361. The second-order valence-corrected chi connectivity index (χ2v) is 6.73. The Morgan fingerprint density at radius 1 is 1.00 bits per heavy atom. The Kier molecular flexibility index (Phi) is 7.22. The molecule has 4 nitrogen and oxygen atoms in total. The Morgan fingerprint density at radius 3 is 2.20 bits per heavy atom. The van der Waals surface area contributed by atoms with Gasteiger partial charge in [0, 0.05) is 10.0 Å². The van der Waals surface area contributed by atoms with E-state index in [2.05, 4.69) is 21.0 Å². The second kappa shape index (κ2) is 9.11. The first kappa shape index (κ1) is 23.8. The highest BCUT2D eigenvalue weighted by atomic mass is 79.9. The summed E-state index contributed by atoms with van der Waals surface area (Å²) in [7, 11) is 1.30. The molecule has 0 aliphatic rings. The van der Waals surface area contributed by atoms with Crippen molar-refractivity contribution in [2.24, 2.45) is 5.10 Å². The second-order valence-electron chi connectivity index (χ2n) is 5.81. The third-order valence-electron chi connectivity index (χ3n) is 3.68. The van der Waals surface area contributed by atoms with E-state index in [9.17, 15) is 30.7 Å². The number of halogens is 8. The fourth-order valence-corrected chi connectivity index (χ4v) is 2.38. The van der Waals surface area contributed by atoms with Gasteiger partial charge >= 0.3 is 18.1 Å². The van der Waals surface area contributed by atoms with Gasteiger partial charge in [-0.2, -0.15) is 35.8 Å². The zero-order valence-electron chi connectivity index (χ0n) is 15.1. The Bertz CT molecular complexity index is 887. The van der Waals surface area contributed by atoms with E-state index in [1.54, 1.807) is 24.3 Å². The number of nitrogens with zero attached hydrogens (tertiary/aromatic N) is 1. The van der Waals surface area contributed by atoms with Crippen molar-refractivity contribution in [3.8, 4) is 11.5 Å². The Hall–Kier alpha value is -2.50. The number of nitrogens with one attached hydrogen (secondary N) is 1. The van der Waals surface area contributed by atoms with Gasteiger partial charge < -0.3 is 9.47 Å². The minimum Gasteiger partial charge on any atom is -0.493 e. The standard InChI is InChI=1S/C18H14BrF7N2O2/c1-29-14-4-2-3-12(15(14)30-10-11-5-7-13(19)8-6-11)9-27-28-18(25,26)16(20,21)17(22,23)24/h2-9,28H,10H2,1H3/b27-9-. The maximum Gasteiger partial charge on any atom is 0.462 e. The quantitative estimate of drug-likeness (QED) is 0.216. The number of rotatable bonds is 8. The van der Waals surface area contributed by atoms with Gasteiger partial charge in [0.25, 0.3) is 0 Å². The molecule has 0 bridgehead atoms. The lowest BCUT2D eigenvalue weighted by Crippen LogP contribution is -2.58. The van der Waals surface area contributed by atoms with E-state index in [4.69, 9.17) is 9.47 Å². The molecule has 0 spiro atoms. The average Bonchev–Trinajstić information content (AvgIpc) is 2.66. The van der Waals surface area contributed by atoms with Gasteiger partial charge in [0.2, 0.25) is 0 Å². The maximum absolute atomic E-state index is 13.3. The lowest BCUT2D eigenvalue weighted by Gasteiger charge is -2.27. The molecule has 0 radical (unpaired) electrons. The van der Waals surface area contributed by atoms with Gasteiger partial charge in [-0.15, -0.1) is 0 Å². The average molecular weight is 503 g/mol. The lowest BCUT2D eigenvalue weighted by atomic mass is 10.2. The molecule has 2 aromatic rings. The van der Waals surface area contributed by atoms with Crippen molar-refractivity contribution in [1.29, 1.82) is 0 Å². The van der Waals surface area contributed by atoms with Crippen molar-refractivity contribution in [2.45, 2.75) is 24.8 Å². The number of hydrazone groups is 1. The maximum atomic E-state index is 13.3. The molecule has 164 valence electrons. The van der Waals surface area contributed by atoms with Gasteiger partial charge in [0.05, 0.1) is 13.3 Å². The summed E-state index contributed by atoms with van der Waals surface area (Å²) in [6.45, 7) is 0.0320. The Morgan fingerprint density at radius 2 is 1.63 bits per heavy atom. The third kappa shape index (κ3) is 5.35. The molecule has 0 heterocycles. The minimum atomic E-state index is -6.46. The molecule has 2 aromatic carbocycles. The molecule has 30 heavy (non-hydrogen) atoms. The van der Waals surface area contributed by atoms with E-state index >= 15 is 0 Å². The molecule has 1 N–H and O–H groups in total. The topological polar surface area (TPSA) is 42.8 Å². The number of hydrogen-bond donors (Lipinski definition) is 1. The van der Waals surface area contributed by atoms with Gasteiger partial charge in [0.15, 0.2) is 11.5 Å². The van der Waals surface area contributed by atoms with E-state index in [1.807, 2.05) is 0 Å². The highest BCUT2D eigenvalue weighted by Gasteiger charge is 2.73. The fraction of sp³-hybridized carbons (Fsp3) is 0.278. The molecule has 2 rings (SSSR count). The first-order valence-corrected chi connectivity index (χ1v) is 8.85. The smallest absolute Gasteiger partial charge is 0.462 e. The summed E-state index contributed by atoms with van der Waals surface area (Å²) in [6.07, 6.45) is -5.84. The number of benzene rings is 2.